The normalized spacial score (nSPS) is 20.2. The molecule has 17 heavy (non-hydrogen) atoms. The van der Waals surface area contributed by atoms with Crippen molar-refractivity contribution < 1.29 is 14.2 Å². The summed E-state index contributed by atoms with van der Waals surface area (Å²) in [5.74, 6) is 0.335. The Balaban J connectivity index is 1.64. The zero-order valence-corrected chi connectivity index (χ0v) is 10.2. The second-order valence-corrected chi connectivity index (χ2v) is 4.03. The van der Waals surface area contributed by atoms with Gasteiger partial charge >= 0.3 is 0 Å². The summed E-state index contributed by atoms with van der Waals surface area (Å²) in [7, 11) is 0. The van der Waals surface area contributed by atoms with Gasteiger partial charge in [0.2, 0.25) is 0 Å². The Morgan fingerprint density at radius 3 is 2.94 bits per heavy atom. The van der Waals surface area contributed by atoms with Crippen LogP contribution in [0.25, 0.3) is 0 Å². The Morgan fingerprint density at radius 1 is 1.29 bits per heavy atom. The van der Waals surface area contributed by atoms with E-state index in [-0.39, 0.29) is 11.4 Å². The van der Waals surface area contributed by atoms with Crippen molar-refractivity contribution in [3.05, 3.63) is 17.5 Å². The largest absolute Gasteiger partial charge is 0.473 e. The maximum atomic E-state index is 5.79. The summed E-state index contributed by atoms with van der Waals surface area (Å²) < 4.78 is 16.3. The molecule has 1 aromatic heterocycles. The van der Waals surface area contributed by atoms with Crippen molar-refractivity contribution in [2.24, 2.45) is 0 Å². The zero-order chi connectivity index (χ0) is 11.9. The lowest BCUT2D eigenvalue weighted by Gasteiger charge is -2.22. The van der Waals surface area contributed by atoms with Crippen molar-refractivity contribution in [1.29, 1.82) is 0 Å². The molecule has 1 atom stereocenters. The second kappa shape index (κ2) is 6.74. The van der Waals surface area contributed by atoms with Crippen LogP contribution in [-0.4, -0.2) is 36.1 Å². The SMILES string of the molecule is Clc1nccnc1OCCOC1CCCCO1. The molecule has 94 valence electrons. The highest BCUT2D eigenvalue weighted by Gasteiger charge is 2.13. The third kappa shape index (κ3) is 4.11. The van der Waals surface area contributed by atoms with Crippen LogP contribution in [0.5, 0.6) is 5.88 Å². The summed E-state index contributed by atoms with van der Waals surface area (Å²) in [5, 5.41) is 0.265. The van der Waals surface area contributed by atoms with E-state index in [2.05, 4.69) is 9.97 Å². The lowest BCUT2D eigenvalue weighted by molar-refractivity contribution is -0.165. The van der Waals surface area contributed by atoms with Gasteiger partial charge in [-0.05, 0) is 19.3 Å². The molecule has 0 aliphatic carbocycles. The van der Waals surface area contributed by atoms with E-state index >= 15 is 0 Å². The molecule has 2 heterocycles. The van der Waals surface area contributed by atoms with Crippen LogP contribution < -0.4 is 4.74 Å². The van der Waals surface area contributed by atoms with Crippen LogP contribution in [0.4, 0.5) is 0 Å². The van der Waals surface area contributed by atoms with Gasteiger partial charge in [0.15, 0.2) is 11.4 Å². The molecule has 1 aromatic rings. The lowest BCUT2D eigenvalue weighted by Crippen LogP contribution is -2.24. The first-order valence-corrected chi connectivity index (χ1v) is 6.06. The van der Waals surface area contributed by atoms with Crippen LogP contribution in [0.2, 0.25) is 5.15 Å². The second-order valence-electron chi connectivity index (χ2n) is 3.67. The van der Waals surface area contributed by atoms with Crippen molar-refractivity contribution in [2.75, 3.05) is 19.8 Å². The van der Waals surface area contributed by atoms with Crippen molar-refractivity contribution in [3.8, 4) is 5.88 Å². The molecule has 0 aromatic carbocycles. The molecule has 1 saturated heterocycles. The predicted octanol–water partition coefficient (Wildman–Crippen LogP) is 2.05. The summed E-state index contributed by atoms with van der Waals surface area (Å²) in [5.41, 5.74) is 0. The first kappa shape index (κ1) is 12.5. The smallest absolute Gasteiger partial charge is 0.252 e. The molecule has 1 aliphatic heterocycles. The first-order chi connectivity index (χ1) is 8.36. The van der Waals surface area contributed by atoms with Gasteiger partial charge in [0.05, 0.1) is 6.61 Å². The van der Waals surface area contributed by atoms with E-state index in [1.165, 1.54) is 12.4 Å². The molecule has 0 N–H and O–H groups in total. The maximum absolute atomic E-state index is 5.79. The summed E-state index contributed by atoms with van der Waals surface area (Å²) in [6.07, 6.45) is 6.18. The fourth-order valence-electron chi connectivity index (χ4n) is 1.57. The van der Waals surface area contributed by atoms with Crippen LogP contribution in [0.3, 0.4) is 0 Å². The molecular weight excluding hydrogens is 244 g/mol. The third-order valence-electron chi connectivity index (χ3n) is 2.39. The summed E-state index contributed by atoms with van der Waals surface area (Å²) in [6.45, 7) is 1.62. The highest BCUT2D eigenvalue weighted by Crippen LogP contribution is 2.17. The third-order valence-corrected chi connectivity index (χ3v) is 2.65. The quantitative estimate of drug-likeness (QED) is 0.757. The molecule has 1 fully saturated rings. The van der Waals surface area contributed by atoms with Crippen LogP contribution in [0, 0.1) is 0 Å². The minimum absolute atomic E-state index is 0.0929. The molecular formula is C11H15ClN2O3. The molecule has 0 radical (unpaired) electrons. The Bertz CT molecular complexity index is 345. The maximum Gasteiger partial charge on any atom is 0.252 e. The van der Waals surface area contributed by atoms with Gasteiger partial charge in [-0.2, -0.15) is 0 Å². The zero-order valence-electron chi connectivity index (χ0n) is 9.47. The molecule has 0 amide bonds. The van der Waals surface area contributed by atoms with Crippen molar-refractivity contribution in [2.45, 2.75) is 25.6 Å². The molecule has 5 nitrogen and oxygen atoms in total. The molecule has 1 aliphatic rings. The number of hydrogen-bond acceptors (Lipinski definition) is 5. The highest BCUT2D eigenvalue weighted by molar-refractivity contribution is 6.30. The van der Waals surface area contributed by atoms with E-state index < -0.39 is 0 Å². The summed E-state index contributed by atoms with van der Waals surface area (Å²) in [4.78, 5) is 7.82. The van der Waals surface area contributed by atoms with Gasteiger partial charge < -0.3 is 14.2 Å². The van der Waals surface area contributed by atoms with Gasteiger partial charge in [0.1, 0.15) is 6.61 Å². The van der Waals surface area contributed by atoms with Crippen LogP contribution in [0.15, 0.2) is 12.4 Å². The summed E-state index contributed by atoms with van der Waals surface area (Å²) in [6, 6.07) is 0. The van der Waals surface area contributed by atoms with E-state index in [0.29, 0.717) is 19.1 Å². The number of ether oxygens (including phenoxy) is 3. The van der Waals surface area contributed by atoms with Crippen LogP contribution in [0.1, 0.15) is 19.3 Å². The Kier molecular flexibility index (Phi) is 4.97. The fourth-order valence-corrected chi connectivity index (χ4v) is 1.73. The molecule has 1 unspecified atom stereocenters. The van der Waals surface area contributed by atoms with Gasteiger partial charge in [-0.15, -0.1) is 0 Å². The van der Waals surface area contributed by atoms with Gasteiger partial charge in [-0.1, -0.05) is 11.6 Å². The van der Waals surface area contributed by atoms with Gasteiger partial charge in [0.25, 0.3) is 5.88 Å². The van der Waals surface area contributed by atoms with E-state index in [4.69, 9.17) is 25.8 Å². The lowest BCUT2D eigenvalue weighted by atomic mass is 10.2. The number of halogens is 1. The first-order valence-electron chi connectivity index (χ1n) is 5.69. The van der Waals surface area contributed by atoms with Crippen molar-refractivity contribution in [1.82, 2.24) is 9.97 Å². The van der Waals surface area contributed by atoms with Crippen LogP contribution in [-0.2, 0) is 9.47 Å². The van der Waals surface area contributed by atoms with E-state index in [0.717, 1.165) is 25.9 Å². The molecule has 2 rings (SSSR count). The highest BCUT2D eigenvalue weighted by atomic mass is 35.5. The Labute approximate surface area is 105 Å². The van der Waals surface area contributed by atoms with E-state index in [1.54, 1.807) is 0 Å². The summed E-state index contributed by atoms with van der Waals surface area (Å²) >= 11 is 5.79. The minimum Gasteiger partial charge on any atom is -0.473 e. The average molecular weight is 259 g/mol. The number of hydrogen-bond donors (Lipinski definition) is 0. The van der Waals surface area contributed by atoms with E-state index in [9.17, 15) is 0 Å². The monoisotopic (exact) mass is 258 g/mol. The van der Waals surface area contributed by atoms with Crippen LogP contribution >= 0.6 is 11.6 Å². The standard InChI is InChI=1S/C11H15ClN2O3/c12-10-11(14-5-4-13-10)17-8-7-16-9-3-1-2-6-15-9/h4-5,9H,1-3,6-8H2. The Hall–Kier alpha value is -0.910. The van der Waals surface area contributed by atoms with Gasteiger partial charge in [-0.3, -0.25) is 0 Å². The molecule has 0 spiro atoms. The minimum atomic E-state index is -0.0929. The topological polar surface area (TPSA) is 53.5 Å². The number of aromatic nitrogens is 2. The predicted molar refractivity (Wildman–Crippen MR) is 62.1 cm³/mol. The van der Waals surface area contributed by atoms with Gasteiger partial charge in [-0.25, -0.2) is 9.97 Å². The van der Waals surface area contributed by atoms with E-state index in [1.807, 2.05) is 0 Å². The fraction of sp³-hybridized carbons (Fsp3) is 0.636. The number of nitrogens with zero attached hydrogens (tertiary/aromatic N) is 2. The number of rotatable bonds is 5. The molecule has 6 heteroatoms. The average Bonchev–Trinajstić information content (AvgIpc) is 2.38. The molecule has 0 bridgehead atoms. The Morgan fingerprint density at radius 2 is 2.18 bits per heavy atom. The molecule has 0 saturated carbocycles. The van der Waals surface area contributed by atoms with Gasteiger partial charge in [0, 0.05) is 19.0 Å². The van der Waals surface area contributed by atoms with Crippen molar-refractivity contribution in [3.63, 3.8) is 0 Å². The van der Waals surface area contributed by atoms with Crippen molar-refractivity contribution >= 4 is 11.6 Å².